The Hall–Kier alpha value is -4.73. The van der Waals surface area contributed by atoms with Crippen molar-refractivity contribution in [3.8, 4) is 11.3 Å². The van der Waals surface area contributed by atoms with E-state index in [0.29, 0.717) is 6.54 Å². The topological polar surface area (TPSA) is 54.2 Å². The van der Waals surface area contributed by atoms with Crippen LogP contribution in [-0.2, 0) is 6.54 Å². The molecule has 3 aromatic carbocycles. The molecule has 224 valence electrons. The van der Waals surface area contributed by atoms with Gasteiger partial charge in [0.1, 0.15) is 5.82 Å². The molecule has 6 heteroatoms. The van der Waals surface area contributed by atoms with Gasteiger partial charge in [0.15, 0.2) is 5.65 Å². The molecule has 2 N–H and O–H groups in total. The number of nitrogens with zero attached hydrogens (tertiary/aromatic N) is 3. The van der Waals surface area contributed by atoms with Crippen LogP contribution in [0.4, 0.5) is 11.5 Å². The average molecular weight is 600 g/mol. The highest BCUT2D eigenvalue weighted by Crippen LogP contribution is 2.26. The van der Waals surface area contributed by atoms with E-state index in [2.05, 4.69) is 150 Å². The Balaban J connectivity index is 0.000000427. The smallest absolute Gasteiger partial charge is 0.165 e. The van der Waals surface area contributed by atoms with Gasteiger partial charge in [-0.2, -0.15) is 9.61 Å². The molecule has 2 heterocycles. The summed E-state index contributed by atoms with van der Waals surface area (Å²) in [5.74, 6) is 0.893. The first-order chi connectivity index (χ1) is 21.4. The molecule has 44 heavy (non-hydrogen) atoms. The summed E-state index contributed by atoms with van der Waals surface area (Å²) in [6, 6.07) is 27.1. The zero-order valence-corrected chi connectivity index (χ0v) is 27.1. The zero-order valence-electron chi connectivity index (χ0n) is 26.0. The molecule has 1 aliphatic carbocycles. The Labute approximate surface area is 264 Å². The Morgan fingerprint density at radius 1 is 0.955 bits per heavy atom. The van der Waals surface area contributed by atoms with Gasteiger partial charge in [-0.1, -0.05) is 106 Å². The third kappa shape index (κ3) is 8.43. The molecule has 0 aliphatic heterocycles. The second-order valence-corrected chi connectivity index (χ2v) is 11.3. The van der Waals surface area contributed by atoms with E-state index < -0.39 is 0 Å². The van der Waals surface area contributed by atoms with Crippen molar-refractivity contribution >= 4 is 37.4 Å². The summed E-state index contributed by atoms with van der Waals surface area (Å²) in [5, 5.41) is 12.5. The summed E-state index contributed by atoms with van der Waals surface area (Å²) in [6.07, 6.45) is 10.8. The highest BCUT2D eigenvalue weighted by molar-refractivity contribution is 7.28. The van der Waals surface area contributed by atoms with Gasteiger partial charge in [0.05, 0.1) is 11.9 Å². The second-order valence-electron chi connectivity index (χ2n) is 10.7. The molecule has 0 amide bonds. The van der Waals surface area contributed by atoms with Gasteiger partial charge in [-0.05, 0) is 62.4 Å². The fourth-order valence-electron chi connectivity index (χ4n) is 4.78. The summed E-state index contributed by atoms with van der Waals surface area (Å²) in [7, 11) is 2.73. The highest BCUT2D eigenvalue weighted by Gasteiger charge is 2.12. The van der Waals surface area contributed by atoms with Gasteiger partial charge in [-0.25, -0.2) is 4.98 Å². The maximum Gasteiger partial charge on any atom is 0.165 e. The first kappa shape index (κ1) is 32.2. The van der Waals surface area contributed by atoms with Crippen molar-refractivity contribution in [3.05, 3.63) is 151 Å². The van der Waals surface area contributed by atoms with Crippen LogP contribution in [0.5, 0.6) is 0 Å². The maximum atomic E-state index is 4.88. The molecule has 0 spiro atoms. The van der Waals surface area contributed by atoms with Gasteiger partial charge in [-0.3, -0.25) is 0 Å². The van der Waals surface area contributed by atoms with Gasteiger partial charge in [0.2, 0.25) is 0 Å². The molecule has 1 atom stereocenters. The second kappa shape index (κ2) is 15.7. The van der Waals surface area contributed by atoms with Gasteiger partial charge < -0.3 is 10.6 Å². The number of benzene rings is 3. The average Bonchev–Trinajstić information content (AvgIpc) is 3.42. The number of aromatic nitrogens is 3. The van der Waals surface area contributed by atoms with E-state index in [-0.39, 0.29) is 0 Å². The Bertz CT molecular complexity index is 1780. The van der Waals surface area contributed by atoms with Crippen LogP contribution in [-0.4, -0.2) is 14.6 Å². The molecule has 0 bridgehead atoms. The molecule has 0 saturated carbocycles. The van der Waals surface area contributed by atoms with Crippen molar-refractivity contribution in [3.63, 3.8) is 0 Å². The number of rotatable bonds is 7. The molecule has 2 aromatic heterocycles. The number of aryl methyl sites for hydroxylation is 2. The molecule has 6 rings (SSSR count). The first-order valence-electron chi connectivity index (χ1n) is 14.8. The zero-order chi connectivity index (χ0) is 31.5. The minimum Gasteiger partial charge on any atom is -0.366 e. The van der Waals surface area contributed by atoms with Gasteiger partial charge >= 0.3 is 0 Å². The molecule has 1 unspecified atom stereocenters. The summed E-state index contributed by atoms with van der Waals surface area (Å²) in [5.41, 5.74) is 10.9. The number of hydrogen-bond acceptors (Lipinski definition) is 4. The molecular formula is C38H42N5P. The van der Waals surface area contributed by atoms with Crippen molar-refractivity contribution < 1.29 is 0 Å². The van der Waals surface area contributed by atoms with E-state index in [0.717, 1.165) is 50.5 Å². The summed E-state index contributed by atoms with van der Waals surface area (Å²) >= 11 is 0. The van der Waals surface area contributed by atoms with Crippen molar-refractivity contribution in [1.82, 2.24) is 14.6 Å². The molecule has 5 aromatic rings. The van der Waals surface area contributed by atoms with Crippen LogP contribution in [0.2, 0.25) is 0 Å². The summed E-state index contributed by atoms with van der Waals surface area (Å²) in [4.78, 5) is 4.88. The highest BCUT2D eigenvalue weighted by atomic mass is 31.0. The Kier molecular flexibility index (Phi) is 11.5. The summed E-state index contributed by atoms with van der Waals surface area (Å²) in [6.45, 7) is 17.2. The SMILES string of the molecule is C=C.C=C(Nc1cccc(CNc2cc(-c3ccccc3C)nc3c(P)cnn23)c1)c1ccc(C)cc1.CC1=CC=CCC1. The largest absolute Gasteiger partial charge is 0.366 e. The Morgan fingerprint density at radius 3 is 2.41 bits per heavy atom. The van der Waals surface area contributed by atoms with Crippen LogP contribution in [0.25, 0.3) is 22.6 Å². The lowest BCUT2D eigenvalue weighted by atomic mass is 10.1. The third-order valence-corrected chi connectivity index (χ3v) is 7.65. The molecular weight excluding hydrogens is 557 g/mol. The van der Waals surface area contributed by atoms with E-state index >= 15 is 0 Å². The summed E-state index contributed by atoms with van der Waals surface area (Å²) < 4.78 is 1.85. The lowest BCUT2D eigenvalue weighted by Gasteiger charge is -2.14. The number of anilines is 2. The van der Waals surface area contributed by atoms with Crippen LogP contribution in [0.1, 0.15) is 42.0 Å². The number of hydrogen-bond donors (Lipinski definition) is 2. The molecule has 0 fully saturated rings. The predicted octanol–water partition coefficient (Wildman–Crippen LogP) is 9.29. The quantitative estimate of drug-likeness (QED) is 0.145. The minimum absolute atomic E-state index is 0.644. The number of allylic oxidation sites excluding steroid dienone is 4. The van der Waals surface area contributed by atoms with Crippen molar-refractivity contribution in [2.45, 2.75) is 40.2 Å². The number of nitrogens with one attached hydrogen (secondary N) is 2. The van der Waals surface area contributed by atoms with E-state index in [4.69, 9.17) is 4.98 Å². The van der Waals surface area contributed by atoms with E-state index in [1.807, 2.05) is 22.8 Å². The van der Waals surface area contributed by atoms with Gasteiger partial charge in [0.25, 0.3) is 0 Å². The van der Waals surface area contributed by atoms with E-state index in [1.165, 1.54) is 29.5 Å². The molecule has 0 radical (unpaired) electrons. The lowest BCUT2D eigenvalue weighted by Crippen LogP contribution is -2.08. The molecule has 0 saturated heterocycles. The van der Waals surface area contributed by atoms with E-state index in [1.54, 1.807) is 0 Å². The minimum atomic E-state index is 0.644. The predicted molar refractivity (Wildman–Crippen MR) is 193 cm³/mol. The van der Waals surface area contributed by atoms with Crippen molar-refractivity contribution in [2.75, 3.05) is 10.6 Å². The normalized spacial score (nSPS) is 11.9. The number of fused-ring (bicyclic) bond motifs is 1. The fourth-order valence-corrected chi connectivity index (χ4v) is 5.03. The maximum absolute atomic E-state index is 4.88. The van der Waals surface area contributed by atoms with E-state index in [9.17, 15) is 0 Å². The van der Waals surface area contributed by atoms with Crippen LogP contribution >= 0.6 is 9.24 Å². The first-order valence-corrected chi connectivity index (χ1v) is 15.3. The molecule has 5 nitrogen and oxygen atoms in total. The third-order valence-electron chi connectivity index (χ3n) is 7.24. The molecule has 1 aliphatic rings. The van der Waals surface area contributed by atoms with Gasteiger partial charge in [0, 0.05) is 34.9 Å². The van der Waals surface area contributed by atoms with Crippen LogP contribution < -0.4 is 15.9 Å². The van der Waals surface area contributed by atoms with Crippen molar-refractivity contribution in [1.29, 1.82) is 0 Å². The van der Waals surface area contributed by atoms with Crippen LogP contribution in [0.15, 0.2) is 129 Å². The van der Waals surface area contributed by atoms with Crippen LogP contribution in [0.3, 0.4) is 0 Å². The fraction of sp³-hybridized carbons (Fsp3) is 0.158. The lowest BCUT2D eigenvalue weighted by molar-refractivity contribution is 0.927. The monoisotopic (exact) mass is 599 g/mol. The van der Waals surface area contributed by atoms with Crippen molar-refractivity contribution in [2.24, 2.45) is 0 Å². The van der Waals surface area contributed by atoms with Crippen LogP contribution in [0, 0.1) is 13.8 Å². The standard InChI is InChI=1S/C29H28N5P.C7H10.C2H4/c1-19-11-13-23(14-12-19)21(3)32-24-9-6-8-22(15-24)17-30-28-16-26(25-10-5-4-7-20(25)2)33-29-27(35)18-31-34(28)29;1-7-5-3-2-4-6-7;1-2/h4-16,18,30,32H,3,17,35H2,1-2H3;2-3,5H,4,6H2,1H3;1-2H2. The Morgan fingerprint density at radius 2 is 1.73 bits per heavy atom. The van der Waals surface area contributed by atoms with Gasteiger partial charge in [-0.15, -0.1) is 13.2 Å².